The lowest BCUT2D eigenvalue weighted by Gasteiger charge is -2.11. The molecule has 1 aliphatic heterocycles. The molecule has 0 saturated carbocycles. The first-order chi connectivity index (χ1) is 7.16. The van der Waals surface area contributed by atoms with Gasteiger partial charge in [0.2, 0.25) is 0 Å². The van der Waals surface area contributed by atoms with E-state index in [9.17, 15) is 8.78 Å². The lowest BCUT2D eigenvalue weighted by Crippen LogP contribution is -2.23. The van der Waals surface area contributed by atoms with Crippen LogP contribution in [-0.4, -0.2) is 12.6 Å². The lowest BCUT2D eigenvalue weighted by molar-refractivity contribution is 0.554. The van der Waals surface area contributed by atoms with Gasteiger partial charge in [-0.25, -0.2) is 8.78 Å². The van der Waals surface area contributed by atoms with Gasteiger partial charge in [0.1, 0.15) is 11.6 Å². The summed E-state index contributed by atoms with van der Waals surface area (Å²) in [6, 6.07) is 3.27. The Hall–Kier alpha value is -0.960. The summed E-state index contributed by atoms with van der Waals surface area (Å²) in [6.07, 6.45) is 2.97. The Morgan fingerprint density at radius 3 is 2.53 bits per heavy atom. The predicted molar refractivity (Wildman–Crippen MR) is 55.8 cm³/mol. The molecule has 1 aromatic rings. The molecular formula is C12H15F2N. The summed E-state index contributed by atoms with van der Waals surface area (Å²) in [4.78, 5) is 0. The van der Waals surface area contributed by atoms with Crippen LogP contribution < -0.4 is 5.32 Å². The Morgan fingerprint density at radius 2 is 2.00 bits per heavy atom. The highest BCUT2D eigenvalue weighted by Crippen LogP contribution is 2.17. The van der Waals surface area contributed by atoms with Gasteiger partial charge in [0.25, 0.3) is 0 Å². The zero-order valence-corrected chi connectivity index (χ0v) is 8.82. The fraction of sp³-hybridized carbons (Fsp3) is 0.500. The van der Waals surface area contributed by atoms with Gasteiger partial charge in [-0.3, -0.25) is 0 Å². The number of hydrogen-bond donors (Lipinski definition) is 1. The van der Waals surface area contributed by atoms with Gasteiger partial charge in [0.15, 0.2) is 0 Å². The molecule has 1 aliphatic rings. The van der Waals surface area contributed by atoms with Crippen molar-refractivity contribution in [3.8, 4) is 0 Å². The number of rotatable bonds is 2. The van der Waals surface area contributed by atoms with Crippen LogP contribution in [0, 0.1) is 18.6 Å². The third-order valence-corrected chi connectivity index (χ3v) is 2.99. The van der Waals surface area contributed by atoms with E-state index in [4.69, 9.17) is 0 Å². The summed E-state index contributed by atoms with van der Waals surface area (Å²) < 4.78 is 26.5. The molecular weight excluding hydrogens is 196 g/mol. The van der Waals surface area contributed by atoms with Crippen LogP contribution in [-0.2, 0) is 6.42 Å². The number of halogens is 2. The highest BCUT2D eigenvalue weighted by molar-refractivity contribution is 5.25. The number of nitrogens with one attached hydrogen (secondary N) is 1. The SMILES string of the molecule is Cc1c(F)cc(CC2CCCN2)cc1F. The van der Waals surface area contributed by atoms with E-state index in [1.807, 2.05) is 0 Å². The fourth-order valence-corrected chi connectivity index (χ4v) is 2.03. The predicted octanol–water partition coefficient (Wildman–Crippen LogP) is 2.57. The minimum atomic E-state index is -0.442. The standard InChI is InChI=1S/C12H15F2N/c1-8-11(13)6-9(7-12(8)14)5-10-3-2-4-15-10/h6-7,10,15H,2-5H2,1H3. The Bertz CT molecular complexity index is 334. The van der Waals surface area contributed by atoms with Crippen LogP contribution in [0.5, 0.6) is 0 Å². The van der Waals surface area contributed by atoms with E-state index >= 15 is 0 Å². The van der Waals surface area contributed by atoms with Gasteiger partial charge in [-0.15, -0.1) is 0 Å². The highest BCUT2D eigenvalue weighted by atomic mass is 19.1. The molecule has 1 heterocycles. The van der Waals surface area contributed by atoms with Crippen LogP contribution in [0.25, 0.3) is 0 Å². The molecule has 0 aromatic heterocycles. The normalized spacial score (nSPS) is 20.9. The summed E-state index contributed by atoms with van der Waals surface area (Å²) in [5, 5.41) is 3.31. The second kappa shape index (κ2) is 4.27. The van der Waals surface area contributed by atoms with Crippen LogP contribution in [0.2, 0.25) is 0 Å². The molecule has 1 aromatic carbocycles. The van der Waals surface area contributed by atoms with Crippen LogP contribution in [0.4, 0.5) is 8.78 Å². The molecule has 0 bridgehead atoms. The van der Waals surface area contributed by atoms with Crippen LogP contribution in [0.3, 0.4) is 0 Å². The summed E-state index contributed by atoms with van der Waals surface area (Å²) in [5.41, 5.74) is 0.855. The minimum absolute atomic E-state index is 0.109. The molecule has 1 unspecified atom stereocenters. The van der Waals surface area contributed by atoms with Crippen LogP contribution in [0.15, 0.2) is 12.1 Å². The topological polar surface area (TPSA) is 12.0 Å². The van der Waals surface area contributed by atoms with Crippen molar-refractivity contribution in [1.82, 2.24) is 5.32 Å². The molecule has 2 rings (SSSR count). The van der Waals surface area contributed by atoms with E-state index in [0.717, 1.165) is 24.9 Å². The van der Waals surface area contributed by atoms with Crippen molar-refractivity contribution in [2.75, 3.05) is 6.54 Å². The molecule has 15 heavy (non-hydrogen) atoms. The molecule has 82 valence electrons. The van der Waals surface area contributed by atoms with E-state index < -0.39 is 11.6 Å². The fourth-order valence-electron chi connectivity index (χ4n) is 2.03. The molecule has 1 atom stereocenters. The second-order valence-corrected chi connectivity index (χ2v) is 4.18. The van der Waals surface area contributed by atoms with Crippen molar-refractivity contribution in [2.45, 2.75) is 32.2 Å². The van der Waals surface area contributed by atoms with E-state index in [-0.39, 0.29) is 5.56 Å². The van der Waals surface area contributed by atoms with Crippen molar-refractivity contribution >= 4 is 0 Å². The van der Waals surface area contributed by atoms with Gasteiger partial charge in [-0.1, -0.05) is 0 Å². The van der Waals surface area contributed by atoms with Crippen molar-refractivity contribution in [2.24, 2.45) is 0 Å². The average Bonchev–Trinajstić information content (AvgIpc) is 2.66. The van der Waals surface area contributed by atoms with E-state index in [2.05, 4.69) is 5.32 Å². The minimum Gasteiger partial charge on any atom is -0.314 e. The van der Waals surface area contributed by atoms with E-state index in [1.165, 1.54) is 19.1 Å². The van der Waals surface area contributed by atoms with Gasteiger partial charge in [0, 0.05) is 11.6 Å². The third-order valence-electron chi connectivity index (χ3n) is 2.99. The summed E-state index contributed by atoms with van der Waals surface area (Å²) in [5.74, 6) is -0.883. The van der Waals surface area contributed by atoms with Gasteiger partial charge in [0.05, 0.1) is 0 Å². The molecule has 1 nitrogen and oxygen atoms in total. The van der Waals surface area contributed by atoms with Crippen molar-refractivity contribution in [1.29, 1.82) is 0 Å². The maximum absolute atomic E-state index is 13.3. The summed E-state index contributed by atoms with van der Waals surface area (Å²) in [7, 11) is 0. The third kappa shape index (κ3) is 2.34. The molecule has 3 heteroatoms. The quantitative estimate of drug-likeness (QED) is 0.792. The van der Waals surface area contributed by atoms with Crippen molar-refractivity contribution in [3.05, 3.63) is 34.9 Å². The Balaban J connectivity index is 2.14. The molecule has 1 N–H and O–H groups in total. The van der Waals surface area contributed by atoms with Gasteiger partial charge < -0.3 is 5.32 Å². The molecule has 1 saturated heterocycles. The maximum atomic E-state index is 13.3. The summed E-state index contributed by atoms with van der Waals surface area (Å²) >= 11 is 0. The maximum Gasteiger partial charge on any atom is 0.129 e. The smallest absolute Gasteiger partial charge is 0.129 e. The van der Waals surface area contributed by atoms with E-state index in [1.54, 1.807) is 0 Å². The van der Waals surface area contributed by atoms with Gasteiger partial charge >= 0.3 is 0 Å². The first-order valence-corrected chi connectivity index (χ1v) is 5.34. The number of hydrogen-bond acceptors (Lipinski definition) is 1. The highest BCUT2D eigenvalue weighted by Gasteiger charge is 2.16. The van der Waals surface area contributed by atoms with Gasteiger partial charge in [-0.05, 0) is 50.4 Å². The van der Waals surface area contributed by atoms with Crippen molar-refractivity contribution in [3.63, 3.8) is 0 Å². The molecule has 1 fully saturated rings. The Morgan fingerprint density at radius 1 is 1.33 bits per heavy atom. The lowest BCUT2D eigenvalue weighted by atomic mass is 10.0. The van der Waals surface area contributed by atoms with Crippen molar-refractivity contribution < 1.29 is 8.78 Å². The van der Waals surface area contributed by atoms with Gasteiger partial charge in [-0.2, -0.15) is 0 Å². The zero-order chi connectivity index (χ0) is 10.8. The van der Waals surface area contributed by atoms with E-state index in [0.29, 0.717) is 12.5 Å². The molecule has 0 amide bonds. The first-order valence-electron chi connectivity index (χ1n) is 5.34. The second-order valence-electron chi connectivity index (χ2n) is 4.18. The summed E-state index contributed by atoms with van der Waals surface area (Å²) in [6.45, 7) is 2.48. The van der Waals surface area contributed by atoms with Crippen LogP contribution in [0.1, 0.15) is 24.0 Å². The number of benzene rings is 1. The first kappa shape index (κ1) is 10.6. The zero-order valence-electron chi connectivity index (χ0n) is 8.82. The van der Waals surface area contributed by atoms with Crippen LogP contribution >= 0.6 is 0 Å². The Kier molecular flexibility index (Phi) is 3.00. The molecule has 0 spiro atoms. The molecule has 0 radical (unpaired) electrons. The Labute approximate surface area is 88.5 Å². The largest absolute Gasteiger partial charge is 0.314 e. The average molecular weight is 211 g/mol. The molecule has 0 aliphatic carbocycles. The monoisotopic (exact) mass is 211 g/mol.